The molecule has 7 nitrogen and oxygen atoms in total. The van der Waals surface area contributed by atoms with Crippen LogP contribution in [0.1, 0.15) is 48.0 Å². The van der Waals surface area contributed by atoms with Gasteiger partial charge in [-0.3, -0.25) is 14.6 Å². The first-order valence-corrected chi connectivity index (χ1v) is 11.6. The van der Waals surface area contributed by atoms with E-state index in [0.29, 0.717) is 22.4 Å². The molecular weight excluding hydrogens is 473 g/mol. The van der Waals surface area contributed by atoms with Gasteiger partial charge in [-0.2, -0.15) is 0 Å². The highest BCUT2D eigenvalue weighted by atomic mass is 19.3. The van der Waals surface area contributed by atoms with Gasteiger partial charge in [0.05, 0.1) is 12.3 Å². The molecule has 5 N–H and O–H groups in total. The Kier molecular flexibility index (Phi) is 14.1. The fraction of sp³-hybridized carbons (Fsp3) is 0.538. The number of hydrazine groups is 1. The summed E-state index contributed by atoms with van der Waals surface area (Å²) in [5.74, 6) is -4.76. The molecule has 0 aliphatic rings. The first kappa shape index (κ1) is 33.1. The predicted molar refractivity (Wildman–Crippen MR) is 137 cm³/mol. The molecule has 2 amide bonds. The number of hydrogen-bond donors (Lipinski definition) is 3. The SMILES string of the molecule is C\C=C/C=C(COCC(F)(F)C(C)(C)F)/C(C)=C/C(=C\C(C)C)C(=C/CC(N)=O)/N(CC(N)=O)NC. The summed E-state index contributed by atoms with van der Waals surface area (Å²) in [6.07, 6.45) is 10.4. The molecule has 0 aromatic carbocycles. The molecule has 0 aliphatic heterocycles. The Morgan fingerprint density at radius 1 is 1.14 bits per heavy atom. The normalized spacial score (nSPS) is 14.6. The molecule has 0 saturated heterocycles. The Balaban J connectivity index is 6.40. The van der Waals surface area contributed by atoms with Crippen LogP contribution in [-0.2, 0) is 14.3 Å². The number of primary amides is 2. The minimum absolute atomic E-state index is 0.0676. The summed E-state index contributed by atoms with van der Waals surface area (Å²) in [4.78, 5) is 23.1. The Hall–Kier alpha value is -2.85. The maximum absolute atomic E-state index is 14.0. The van der Waals surface area contributed by atoms with Gasteiger partial charge in [0.15, 0.2) is 5.67 Å². The molecule has 0 fully saturated rings. The minimum atomic E-state index is -3.66. The summed E-state index contributed by atoms with van der Waals surface area (Å²) in [6.45, 7) is 7.64. The van der Waals surface area contributed by atoms with E-state index >= 15 is 0 Å². The Morgan fingerprint density at radius 2 is 1.75 bits per heavy atom. The molecular formula is C26H41F3N4O3. The van der Waals surface area contributed by atoms with E-state index in [4.69, 9.17) is 16.2 Å². The van der Waals surface area contributed by atoms with Crippen molar-refractivity contribution in [3.63, 3.8) is 0 Å². The van der Waals surface area contributed by atoms with E-state index in [1.807, 2.05) is 19.9 Å². The van der Waals surface area contributed by atoms with Crippen molar-refractivity contribution in [1.29, 1.82) is 0 Å². The third-order valence-electron chi connectivity index (χ3n) is 4.96. The summed E-state index contributed by atoms with van der Waals surface area (Å²) in [5.41, 5.74) is 13.3. The number of halogens is 3. The lowest BCUT2D eigenvalue weighted by molar-refractivity contribution is -0.158. The highest BCUT2D eigenvalue weighted by Crippen LogP contribution is 2.32. The smallest absolute Gasteiger partial charge is 0.303 e. The zero-order chi connectivity index (χ0) is 28.1. The monoisotopic (exact) mass is 514 g/mol. The van der Waals surface area contributed by atoms with E-state index < -0.39 is 30.0 Å². The number of carbonyl (C=O) groups excluding carboxylic acids is 2. The highest BCUT2D eigenvalue weighted by molar-refractivity contribution is 5.77. The lowest BCUT2D eigenvalue weighted by Crippen LogP contribution is -2.43. The lowest BCUT2D eigenvalue weighted by atomic mass is 9.99. The summed E-state index contributed by atoms with van der Waals surface area (Å²) in [5, 5.41) is 1.49. The second-order valence-electron chi connectivity index (χ2n) is 9.12. The molecule has 36 heavy (non-hydrogen) atoms. The maximum atomic E-state index is 14.0. The summed E-state index contributed by atoms with van der Waals surface area (Å²) >= 11 is 0. The maximum Gasteiger partial charge on any atom is 0.303 e. The Morgan fingerprint density at radius 3 is 2.19 bits per heavy atom. The van der Waals surface area contributed by atoms with Gasteiger partial charge in [-0.25, -0.2) is 18.6 Å². The molecule has 0 bridgehead atoms. The van der Waals surface area contributed by atoms with Crippen molar-refractivity contribution >= 4 is 11.8 Å². The van der Waals surface area contributed by atoms with Gasteiger partial charge >= 0.3 is 5.92 Å². The van der Waals surface area contributed by atoms with E-state index in [1.165, 1.54) is 5.01 Å². The molecule has 0 saturated carbocycles. The molecule has 0 radical (unpaired) electrons. The fourth-order valence-corrected chi connectivity index (χ4v) is 2.88. The number of nitrogens with one attached hydrogen (secondary N) is 1. The number of nitrogens with two attached hydrogens (primary N) is 2. The van der Waals surface area contributed by atoms with Crippen molar-refractivity contribution in [2.75, 3.05) is 26.8 Å². The van der Waals surface area contributed by atoms with Crippen molar-refractivity contribution < 1.29 is 27.5 Å². The van der Waals surface area contributed by atoms with Gasteiger partial charge in [-0.15, -0.1) is 0 Å². The van der Waals surface area contributed by atoms with Crippen LogP contribution in [-0.4, -0.2) is 55.2 Å². The van der Waals surface area contributed by atoms with Crippen molar-refractivity contribution in [3.8, 4) is 0 Å². The number of hydrogen-bond acceptors (Lipinski definition) is 5. The average Bonchev–Trinajstić information content (AvgIpc) is 2.73. The second-order valence-corrected chi connectivity index (χ2v) is 9.12. The van der Waals surface area contributed by atoms with Crippen LogP contribution in [0.4, 0.5) is 13.2 Å². The topological polar surface area (TPSA) is 111 Å². The van der Waals surface area contributed by atoms with E-state index in [-0.39, 0.29) is 25.5 Å². The van der Waals surface area contributed by atoms with E-state index in [9.17, 15) is 22.8 Å². The van der Waals surface area contributed by atoms with Gasteiger partial charge in [-0.05, 0) is 62.5 Å². The van der Waals surface area contributed by atoms with Crippen LogP contribution in [0.25, 0.3) is 0 Å². The number of alkyl halides is 3. The number of carbonyl (C=O) groups is 2. The molecule has 10 heteroatoms. The van der Waals surface area contributed by atoms with Crippen molar-refractivity contribution in [3.05, 3.63) is 58.9 Å². The quantitative estimate of drug-likeness (QED) is 0.212. The summed E-state index contributed by atoms with van der Waals surface area (Å²) < 4.78 is 47.1. The van der Waals surface area contributed by atoms with Gasteiger partial charge in [0.1, 0.15) is 13.2 Å². The molecule has 0 spiro atoms. The van der Waals surface area contributed by atoms with Crippen LogP contribution in [0, 0.1) is 5.92 Å². The molecule has 204 valence electrons. The van der Waals surface area contributed by atoms with Crippen LogP contribution in [0.3, 0.4) is 0 Å². The van der Waals surface area contributed by atoms with Crippen LogP contribution < -0.4 is 16.9 Å². The van der Waals surface area contributed by atoms with Gasteiger partial charge in [0.25, 0.3) is 0 Å². The third-order valence-corrected chi connectivity index (χ3v) is 4.96. The van der Waals surface area contributed by atoms with E-state index in [0.717, 1.165) is 13.8 Å². The van der Waals surface area contributed by atoms with Gasteiger partial charge < -0.3 is 16.2 Å². The standard InChI is InChI=1S/C26H41F3N4O3/c1-8-9-10-20(16-36-17-26(28,29)25(5,6)27)19(4)14-21(13-18(2)3)22(11-12-23(30)34)33(32-7)15-24(31)35/h8-11,13-14,18,32H,12,15-17H2,1-7H3,(H2,30,34)(H2,31,35)/b9-8-,19-14+,20-10+,21-13+,22-11-. The van der Waals surface area contributed by atoms with Gasteiger partial charge in [0, 0.05) is 13.5 Å². The number of nitrogens with zero attached hydrogens (tertiary/aromatic N) is 1. The third kappa shape index (κ3) is 12.2. The summed E-state index contributed by atoms with van der Waals surface area (Å²) in [7, 11) is 1.60. The second kappa shape index (κ2) is 15.3. The van der Waals surface area contributed by atoms with Crippen LogP contribution in [0.15, 0.2) is 58.9 Å². The number of amides is 2. The number of rotatable bonds is 16. The molecule has 0 unspecified atom stereocenters. The summed E-state index contributed by atoms with van der Waals surface area (Å²) in [6, 6.07) is 0. The molecule has 0 aromatic heterocycles. The molecule has 0 aliphatic carbocycles. The zero-order valence-electron chi connectivity index (χ0n) is 22.3. The number of ether oxygens (including phenoxy) is 1. The van der Waals surface area contributed by atoms with E-state index in [1.54, 1.807) is 51.3 Å². The molecule has 0 rings (SSSR count). The Bertz CT molecular complexity index is 899. The highest BCUT2D eigenvalue weighted by Gasteiger charge is 2.47. The largest absolute Gasteiger partial charge is 0.370 e. The molecule has 0 heterocycles. The van der Waals surface area contributed by atoms with Crippen LogP contribution in [0.2, 0.25) is 0 Å². The van der Waals surface area contributed by atoms with Gasteiger partial charge in [-0.1, -0.05) is 38.2 Å². The average molecular weight is 515 g/mol. The molecule has 0 aromatic rings. The first-order chi connectivity index (χ1) is 16.5. The number of allylic oxidation sites excluding steroid dienone is 5. The first-order valence-electron chi connectivity index (χ1n) is 11.6. The zero-order valence-corrected chi connectivity index (χ0v) is 22.3. The van der Waals surface area contributed by atoms with Crippen molar-refractivity contribution in [2.24, 2.45) is 17.4 Å². The predicted octanol–water partition coefficient (Wildman–Crippen LogP) is 4.10. The van der Waals surface area contributed by atoms with Crippen molar-refractivity contribution in [1.82, 2.24) is 10.4 Å². The minimum Gasteiger partial charge on any atom is -0.370 e. The van der Waals surface area contributed by atoms with E-state index in [2.05, 4.69) is 5.43 Å². The lowest BCUT2D eigenvalue weighted by Gasteiger charge is -2.27. The fourth-order valence-electron chi connectivity index (χ4n) is 2.88. The van der Waals surface area contributed by atoms with Gasteiger partial charge in [0.2, 0.25) is 11.8 Å². The Labute approximate surface area is 212 Å². The van der Waals surface area contributed by atoms with Crippen molar-refractivity contribution in [2.45, 2.75) is 59.6 Å². The van der Waals surface area contributed by atoms with Crippen LogP contribution in [0.5, 0.6) is 0 Å². The molecule has 0 atom stereocenters. The van der Waals surface area contributed by atoms with Crippen LogP contribution >= 0.6 is 0 Å².